The zero-order valence-corrected chi connectivity index (χ0v) is 10.8. The number of carbonyl (C=O) groups is 4. The largest absolute Gasteiger partial charge is 0.329 e. The lowest BCUT2D eigenvalue weighted by Gasteiger charge is -2.05. The Bertz CT molecular complexity index is 356. The molecule has 88 valence electrons. The van der Waals surface area contributed by atoms with Gasteiger partial charge in [0.25, 0.3) is 5.91 Å². The summed E-state index contributed by atoms with van der Waals surface area (Å²) in [4.78, 5) is 41.1. The zero-order chi connectivity index (χ0) is 12.3. The Morgan fingerprint density at radius 3 is 1.75 bits per heavy atom. The lowest BCUT2D eigenvalue weighted by atomic mass is 10.7. The van der Waals surface area contributed by atoms with E-state index in [-0.39, 0.29) is 12.5 Å². The normalized spacial score (nSPS) is 21.4. The number of carbonyl (C=O) groups excluding carboxylic acids is 4. The second kappa shape index (κ2) is 4.78. The van der Waals surface area contributed by atoms with Crippen LogP contribution in [0.3, 0.4) is 0 Å². The minimum absolute atomic E-state index is 0.124. The van der Waals surface area contributed by atoms with Gasteiger partial charge in [0.1, 0.15) is 0 Å². The Kier molecular flexibility index (Phi) is 3.86. The molecule has 2 heterocycles. The summed E-state index contributed by atoms with van der Waals surface area (Å²) < 4.78 is -1.10. The molecule has 0 unspecified atom stereocenters. The molecule has 4 N–H and O–H groups in total. The van der Waals surface area contributed by atoms with E-state index in [1.54, 1.807) is 0 Å². The van der Waals surface area contributed by atoms with E-state index in [0.717, 1.165) is 0 Å². The zero-order valence-electron chi connectivity index (χ0n) is 7.60. The molecule has 0 saturated carbocycles. The highest BCUT2D eigenvalue weighted by molar-refractivity contribution is 9.25. The molecular formula is C6H6Br2N4O4. The number of alkyl halides is 2. The van der Waals surface area contributed by atoms with Crippen molar-refractivity contribution in [1.29, 1.82) is 0 Å². The second-order valence-electron chi connectivity index (χ2n) is 2.71. The van der Waals surface area contributed by atoms with Crippen LogP contribution in [0.25, 0.3) is 0 Å². The Balaban J connectivity index is 0.000000165. The third-order valence-corrected chi connectivity index (χ3v) is 2.56. The van der Waals surface area contributed by atoms with E-state index in [1.165, 1.54) is 0 Å². The molecule has 2 aliphatic rings. The van der Waals surface area contributed by atoms with Crippen molar-refractivity contribution < 1.29 is 19.2 Å². The van der Waals surface area contributed by atoms with Gasteiger partial charge in [-0.1, -0.05) is 0 Å². The van der Waals surface area contributed by atoms with E-state index in [9.17, 15) is 19.2 Å². The van der Waals surface area contributed by atoms with Crippen LogP contribution in [0.15, 0.2) is 0 Å². The summed E-state index contributed by atoms with van der Waals surface area (Å²) >= 11 is 5.84. The Morgan fingerprint density at radius 2 is 1.62 bits per heavy atom. The van der Waals surface area contributed by atoms with Crippen LogP contribution in [0.4, 0.5) is 9.59 Å². The molecule has 16 heavy (non-hydrogen) atoms. The summed E-state index contributed by atoms with van der Waals surface area (Å²) in [6.45, 7) is 0.124. The minimum atomic E-state index is -1.10. The number of urea groups is 2. The monoisotopic (exact) mass is 356 g/mol. The van der Waals surface area contributed by atoms with Gasteiger partial charge in [-0.25, -0.2) is 9.59 Å². The molecular weight excluding hydrogens is 352 g/mol. The molecule has 6 amide bonds. The minimum Gasteiger partial charge on any atom is -0.329 e. The summed E-state index contributed by atoms with van der Waals surface area (Å²) in [5.74, 6) is -0.697. The molecule has 0 spiro atoms. The molecule has 2 fully saturated rings. The van der Waals surface area contributed by atoms with Crippen molar-refractivity contribution in [3.8, 4) is 0 Å². The molecule has 0 aromatic carbocycles. The van der Waals surface area contributed by atoms with Gasteiger partial charge in [-0.05, 0) is 31.9 Å². The standard InChI is InChI=1S/C3H2Br2N2O2.C3H4N2O2/c4-3(5)1(8)6-2(9)7-3;6-2-1-4-3(7)5-2/h(H2,6,7,8,9);1H2,(H2,4,5,6,7). The Hall–Kier alpha value is -1.16. The SMILES string of the molecule is O=C1CNC(=O)N1.O=C1NC(=O)C(Br)(Br)N1. The number of amides is 6. The van der Waals surface area contributed by atoms with E-state index in [0.29, 0.717) is 0 Å². The van der Waals surface area contributed by atoms with Crippen molar-refractivity contribution in [3.63, 3.8) is 0 Å². The van der Waals surface area contributed by atoms with Crippen LogP contribution in [0.2, 0.25) is 0 Å². The molecule has 2 rings (SSSR count). The first-order valence-corrected chi connectivity index (χ1v) is 5.49. The van der Waals surface area contributed by atoms with Crippen LogP contribution >= 0.6 is 31.9 Å². The van der Waals surface area contributed by atoms with Gasteiger partial charge < -0.3 is 10.6 Å². The number of hydrogen-bond acceptors (Lipinski definition) is 4. The van der Waals surface area contributed by atoms with Crippen molar-refractivity contribution in [3.05, 3.63) is 0 Å². The third-order valence-electron chi connectivity index (χ3n) is 1.45. The number of nitrogens with one attached hydrogen (secondary N) is 4. The summed E-state index contributed by atoms with van der Waals surface area (Å²) in [7, 11) is 0. The van der Waals surface area contributed by atoms with E-state index >= 15 is 0 Å². The number of halogens is 2. The highest BCUT2D eigenvalue weighted by Gasteiger charge is 2.41. The predicted octanol–water partition coefficient (Wildman–Crippen LogP) is -0.905. The van der Waals surface area contributed by atoms with Crippen LogP contribution in [0.1, 0.15) is 0 Å². The summed E-state index contributed by atoms with van der Waals surface area (Å²) in [5, 5.41) is 8.60. The number of rotatable bonds is 0. The molecule has 2 saturated heterocycles. The van der Waals surface area contributed by atoms with E-state index < -0.39 is 21.3 Å². The predicted molar refractivity (Wildman–Crippen MR) is 58.8 cm³/mol. The quantitative estimate of drug-likeness (QED) is 0.255. The van der Waals surface area contributed by atoms with Crippen molar-refractivity contribution in [2.24, 2.45) is 0 Å². The van der Waals surface area contributed by atoms with Gasteiger partial charge in [0.2, 0.25) is 9.26 Å². The fraction of sp³-hybridized carbons (Fsp3) is 0.333. The maximum Gasteiger partial charge on any atom is 0.323 e. The molecule has 8 nitrogen and oxygen atoms in total. The lowest BCUT2D eigenvalue weighted by Crippen LogP contribution is -2.32. The average Bonchev–Trinajstić information content (AvgIpc) is 2.58. The highest BCUT2D eigenvalue weighted by Crippen LogP contribution is 2.25. The van der Waals surface area contributed by atoms with Crippen molar-refractivity contribution in [2.75, 3.05) is 6.54 Å². The van der Waals surface area contributed by atoms with Crippen LogP contribution in [-0.2, 0) is 9.59 Å². The van der Waals surface area contributed by atoms with Gasteiger partial charge in [-0.3, -0.25) is 20.2 Å². The molecule has 2 aliphatic heterocycles. The average molecular weight is 358 g/mol. The van der Waals surface area contributed by atoms with Crippen LogP contribution in [0, 0.1) is 0 Å². The molecule has 10 heteroatoms. The first-order valence-electron chi connectivity index (χ1n) is 3.90. The van der Waals surface area contributed by atoms with Crippen LogP contribution < -0.4 is 21.3 Å². The van der Waals surface area contributed by atoms with Gasteiger partial charge in [-0.2, -0.15) is 0 Å². The van der Waals surface area contributed by atoms with Crippen molar-refractivity contribution in [2.45, 2.75) is 3.36 Å². The van der Waals surface area contributed by atoms with Crippen molar-refractivity contribution >= 4 is 55.7 Å². The fourth-order valence-electron chi connectivity index (χ4n) is 0.788. The lowest BCUT2D eigenvalue weighted by molar-refractivity contribution is -0.119. The second-order valence-corrected chi connectivity index (χ2v) is 6.16. The summed E-state index contributed by atoms with van der Waals surface area (Å²) in [6, 6.07) is -0.904. The fourth-order valence-corrected chi connectivity index (χ4v) is 1.35. The molecule has 0 aromatic heterocycles. The summed E-state index contributed by atoms with van der Waals surface area (Å²) in [5.41, 5.74) is 0. The van der Waals surface area contributed by atoms with E-state index in [2.05, 4.69) is 42.5 Å². The Labute approximate surface area is 106 Å². The van der Waals surface area contributed by atoms with Crippen molar-refractivity contribution in [1.82, 2.24) is 21.3 Å². The third kappa shape index (κ3) is 3.45. The first kappa shape index (κ1) is 12.9. The maximum absolute atomic E-state index is 10.6. The molecule has 0 aliphatic carbocycles. The van der Waals surface area contributed by atoms with Crippen LogP contribution in [0.5, 0.6) is 0 Å². The van der Waals surface area contributed by atoms with E-state index in [4.69, 9.17) is 0 Å². The highest BCUT2D eigenvalue weighted by atomic mass is 79.9. The number of imide groups is 2. The van der Waals surface area contributed by atoms with E-state index in [1.807, 2.05) is 10.6 Å². The Morgan fingerprint density at radius 1 is 1.00 bits per heavy atom. The molecule has 0 atom stereocenters. The molecule has 0 bridgehead atoms. The topological polar surface area (TPSA) is 116 Å². The van der Waals surface area contributed by atoms with Gasteiger partial charge >= 0.3 is 12.1 Å². The number of hydrogen-bond donors (Lipinski definition) is 4. The van der Waals surface area contributed by atoms with Gasteiger partial charge in [0, 0.05) is 0 Å². The van der Waals surface area contributed by atoms with Gasteiger partial charge in [0.05, 0.1) is 6.54 Å². The first-order chi connectivity index (χ1) is 7.31. The van der Waals surface area contributed by atoms with Gasteiger partial charge in [0.15, 0.2) is 0 Å². The molecule has 0 radical (unpaired) electrons. The summed E-state index contributed by atoms with van der Waals surface area (Å²) in [6.07, 6.45) is 0. The molecule has 0 aromatic rings. The maximum atomic E-state index is 10.6. The van der Waals surface area contributed by atoms with Gasteiger partial charge in [-0.15, -0.1) is 0 Å². The smallest absolute Gasteiger partial charge is 0.323 e. The van der Waals surface area contributed by atoms with Crippen LogP contribution in [-0.4, -0.2) is 33.8 Å².